The SMILES string of the molecule is CCc1cc(CC)cc(C(C)=NO)c1. The van der Waals surface area contributed by atoms with E-state index in [0.717, 1.165) is 18.4 Å². The van der Waals surface area contributed by atoms with Crippen molar-refractivity contribution in [2.24, 2.45) is 5.16 Å². The third kappa shape index (κ3) is 2.34. The summed E-state index contributed by atoms with van der Waals surface area (Å²) in [5.41, 5.74) is 4.28. The van der Waals surface area contributed by atoms with E-state index in [9.17, 15) is 0 Å². The van der Waals surface area contributed by atoms with E-state index in [1.54, 1.807) is 0 Å². The molecule has 1 rings (SSSR count). The molecule has 0 spiro atoms. The Bertz CT molecular complexity index is 320. The molecular weight excluding hydrogens is 174 g/mol. The lowest BCUT2D eigenvalue weighted by molar-refractivity contribution is 0.319. The van der Waals surface area contributed by atoms with Crippen LogP contribution in [0, 0.1) is 0 Å². The average Bonchev–Trinajstić information content (AvgIpc) is 2.27. The smallest absolute Gasteiger partial charge is 0.0837 e. The highest BCUT2D eigenvalue weighted by Gasteiger charge is 2.02. The highest BCUT2D eigenvalue weighted by atomic mass is 16.4. The molecule has 0 aliphatic heterocycles. The monoisotopic (exact) mass is 191 g/mol. The lowest BCUT2D eigenvalue weighted by atomic mass is 10.0. The summed E-state index contributed by atoms with van der Waals surface area (Å²) in [6, 6.07) is 6.36. The Kier molecular flexibility index (Phi) is 3.69. The van der Waals surface area contributed by atoms with Crippen LogP contribution in [-0.4, -0.2) is 10.9 Å². The quantitative estimate of drug-likeness (QED) is 0.444. The van der Waals surface area contributed by atoms with Gasteiger partial charge in [0.25, 0.3) is 0 Å². The molecule has 2 heteroatoms. The molecule has 0 aliphatic carbocycles. The Balaban J connectivity index is 3.17. The van der Waals surface area contributed by atoms with Gasteiger partial charge in [-0.25, -0.2) is 0 Å². The van der Waals surface area contributed by atoms with Crippen molar-refractivity contribution in [2.45, 2.75) is 33.6 Å². The van der Waals surface area contributed by atoms with Gasteiger partial charge in [0.1, 0.15) is 0 Å². The van der Waals surface area contributed by atoms with Gasteiger partial charge >= 0.3 is 0 Å². The van der Waals surface area contributed by atoms with Gasteiger partial charge in [0, 0.05) is 0 Å². The summed E-state index contributed by atoms with van der Waals surface area (Å²) in [5.74, 6) is 0. The van der Waals surface area contributed by atoms with Gasteiger partial charge in [-0.15, -0.1) is 0 Å². The molecular formula is C12H17NO. The fraction of sp³-hybridized carbons (Fsp3) is 0.417. The van der Waals surface area contributed by atoms with Gasteiger partial charge in [0.05, 0.1) is 5.71 Å². The van der Waals surface area contributed by atoms with Gasteiger partial charge in [-0.1, -0.05) is 25.1 Å². The number of aryl methyl sites for hydroxylation is 2. The molecule has 0 aliphatic rings. The molecule has 0 saturated heterocycles. The zero-order valence-corrected chi connectivity index (χ0v) is 9.04. The number of hydrogen-bond donors (Lipinski definition) is 1. The van der Waals surface area contributed by atoms with Gasteiger partial charge in [-0.2, -0.15) is 0 Å². The van der Waals surface area contributed by atoms with Crippen LogP contribution < -0.4 is 0 Å². The van der Waals surface area contributed by atoms with E-state index in [0.29, 0.717) is 5.71 Å². The van der Waals surface area contributed by atoms with Crippen LogP contribution in [0.3, 0.4) is 0 Å². The van der Waals surface area contributed by atoms with Crippen LogP contribution in [0.5, 0.6) is 0 Å². The van der Waals surface area contributed by atoms with E-state index in [1.165, 1.54) is 11.1 Å². The van der Waals surface area contributed by atoms with Crippen molar-refractivity contribution < 1.29 is 5.21 Å². The molecule has 76 valence electrons. The zero-order valence-electron chi connectivity index (χ0n) is 9.04. The molecule has 0 fully saturated rings. The van der Waals surface area contributed by atoms with Crippen molar-refractivity contribution in [2.75, 3.05) is 0 Å². The van der Waals surface area contributed by atoms with Crippen molar-refractivity contribution in [1.82, 2.24) is 0 Å². The Labute approximate surface area is 85.3 Å². The van der Waals surface area contributed by atoms with Crippen LogP contribution in [-0.2, 0) is 12.8 Å². The molecule has 1 N–H and O–H groups in total. The maximum Gasteiger partial charge on any atom is 0.0837 e. The summed E-state index contributed by atoms with van der Waals surface area (Å²) in [7, 11) is 0. The highest BCUT2D eigenvalue weighted by molar-refractivity contribution is 5.98. The second kappa shape index (κ2) is 4.80. The molecule has 0 atom stereocenters. The summed E-state index contributed by atoms with van der Waals surface area (Å²) in [5, 5.41) is 11.9. The first-order chi connectivity index (χ1) is 6.71. The molecule has 0 heterocycles. The molecule has 0 saturated carbocycles. The van der Waals surface area contributed by atoms with E-state index in [2.05, 4.69) is 37.2 Å². The molecule has 0 unspecified atom stereocenters. The molecule has 0 aromatic heterocycles. The maximum atomic E-state index is 8.70. The van der Waals surface area contributed by atoms with E-state index >= 15 is 0 Å². The zero-order chi connectivity index (χ0) is 10.6. The first-order valence-electron chi connectivity index (χ1n) is 5.03. The van der Waals surface area contributed by atoms with Crippen molar-refractivity contribution in [1.29, 1.82) is 0 Å². The van der Waals surface area contributed by atoms with Crippen LogP contribution in [0.2, 0.25) is 0 Å². The van der Waals surface area contributed by atoms with Crippen molar-refractivity contribution in [3.63, 3.8) is 0 Å². The van der Waals surface area contributed by atoms with Crippen LogP contribution in [0.15, 0.2) is 23.4 Å². The number of benzene rings is 1. The van der Waals surface area contributed by atoms with Crippen molar-refractivity contribution in [3.8, 4) is 0 Å². The predicted molar refractivity (Wildman–Crippen MR) is 59.2 cm³/mol. The number of rotatable bonds is 3. The lowest BCUT2D eigenvalue weighted by Crippen LogP contribution is -1.98. The lowest BCUT2D eigenvalue weighted by Gasteiger charge is -2.06. The third-order valence-electron chi connectivity index (χ3n) is 2.44. The second-order valence-electron chi connectivity index (χ2n) is 3.43. The van der Waals surface area contributed by atoms with Gasteiger partial charge in [0.15, 0.2) is 0 Å². The fourth-order valence-electron chi connectivity index (χ4n) is 1.44. The topological polar surface area (TPSA) is 32.6 Å². The normalized spacial score (nSPS) is 11.8. The van der Waals surface area contributed by atoms with Crippen molar-refractivity contribution >= 4 is 5.71 Å². The van der Waals surface area contributed by atoms with Crippen LogP contribution in [0.25, 0.3) is 0 Å². The summed E-state index contributed by atoms with van der Waals surface area (Å²) in [4.78, 5) is 0. The van der Waals surface area contributed by atoms with E-state index < -0.39 is 0 Å². The summed E-state index contributed by atoms with van der Waals surface area (Å²) >= 11 is 0. The molecule has 2 nitrogen and oxygen atoms in total. The Hall–Kier alpha value is -1.31. The van der Waals surface area contributed by atoms with E-state index in [1.807, 2.05) is 6.92 Å². The molecule has 1 aromatic carbocycles. The Morgan fingerprint density at radius 1 is 1.14 bits per heavy atom. The Morgan fingerprint density at radius 3 is 2.00 bits per heavy atom. The number of nitrogens with zero attached hydrogens (tertiary/aromatic N) is 1. The molecule has 0 bridgehead atoms. The summed E-state index contributed by atoms with van der Waals surface area (Å²) in [6.07, 6.45) is 2.03. The van der Waals surface area contributed by atoms with E-state index in [4.69, 9.17) is 5.21 Å². The van der Waals surface area contributed by atoms with Crippen molar-refractivity contribution in [3.05, 3.63) is 34.9 Å². The van der Waals surface area contributed by atoms with Gasteiger partial charge in [-0.3, -0.25) is 0 Å². The fourth-order valence-corrected chi connectivity index (χ4v) is 1.44. The van der Waals surface area contributed by atoms with Gasteiger partial charge < -0.3 is 5.21 Å². The largest absolute Gasteiger partial charge is 0.411 e. The van der Waals surface area contributed by atoms with E-state index in [-0.39, 0.29) is 0 Å². The first kappa shape index (κ1) is 10.8. The second-order valence-corrected chi connectivity index (χ2v) is 3.43. The molecule has 1 aromatic rings. The maximum absolute atomic E-state index is 8.70. The standard InChI is InChI=1S/C12H17NO/c1-4-10-6-11(5-2)8-12(7-10)9(3)13-14/h6-8,14H,4-5H2,1-3H3. The average molecular weight is 191 g/mol. The van der Waals surface area contributed by atoms with Crippen LogP contribution in [0.1, 0.15) is 37.5 Å². The summed E-state index contributed by atoms with van der Waals surface area (Å²) < 4.78 is 0. The molecule has 14 heavy (non-hydrogen) atoms. The first-order valence-corrected chi connectivity index (χ1v) is 5.03. The minimum atomic E-state index is 0.676. The minimum Gasteiger partial charge on any atom is -0.411 e. The Morgan fingerprint density at radius 2 is 1.64 bits per heavy atom. The summed E-state index contributed by atoms with van der Waals surface area (Å²) in [6.45, 7) is 6.07. The van der Waals surface area contributed by atoms with Crippen LogP contribution >= 0.6 is 0 Å². The minimum absolute atomic E-state index is 0.676. The predicted octanol–water partition coefficient (Wildman–Crippen LogP) is 3.01. The molecule has 0 amide bonds. The third-order valence-corrected chi connectivity index (χ3v) is 2.44. The number of hydrogen-bond acceptors (Lipinski definition) is 2. The highest BCUT2D eigenvalue weighted by Crippen LogP contribution is 2.12. The van der Waals surface area contributed by atoms with Gasteiger partial charge in [0.2, 0.25) is 0 Å². The van der Waals surface area contributed by atoms with Gasteiger partial charge in [-0.05, 0) is 48.6 Å². The van der Waals surface area contributed by atoms with Crippen LogP contribution in [0.4, 0.5) is 0 Å². The molecule has 0 radical (unpaired) electrons. The number of oxime groups is 1.